The maximum absolute atomic E-state index is 14.0. The number of carbonyl (C=O) groups is 1. The maximum atomic E-state index is 14.0. The second-order valence-corrected chi connectivity index (χ2v) is 7.84. The number of fused-ring (bicyclic) bond motifs is 1. The second-order valence-electron chi connectivity index (χ2n) is 6.49. The van der Waals surface area contributed by atoms with Gasteiger partial charge in [-0.3, -0.25) is 14.2 Å². The van der Waals surface area contributed by atoms with E-state index < -0.39 is 29.5 Å². The minimum absolute atomic E-state index is 0.0675. The van der Waals surface area contributed by atoms with Gasteiger partial charge >= 0.3 is 5.69 Å². The summed E-state index contributed by atoms with van der Waals surface area (Å²) in [7, 11) is 1.43. The summed E-state index contributed by atoms with van der Waals surface area (Å²) in [5.74, 6) is -1.01. The predicted octanol–water partition coefficient (Wildman–Crippen LogP) is 3.65. The molecule has 0 atom stereocenters. The average molecular weight is 460 g/mol. The lowest BCUT2D eigenvalue weighted by atomic mass is 10.3. The number of hydrogen-bond donors (Lipinski definition) is 1. The molecule has 0 unspecified atom stereocenters. The van der Waals surface area contributed by atoms with E-state index in [1.54, 1.807) is 35.7 Å². The number of rotatable bonds is 5. The second kappa shape index (κ2) is 8.37. The van der Waals surface area contributed by atoms with Crippen LogP contribution in [0.1, 0.15) is 0 Å². The largest absolute Gasteiger partial charge is 0.495 e. The van der Waals surface area contributed by atoms with Crippen molar-refractivity contribution in [2.45, 2.75) is 6.54 Å². The van der Waals surface area contributed by atoms with Crippen molar-refractivity contribution in [2.24, 2.45) is 0 Å². The van der Waals surface area contributed by atoms with Gasteiger partial charge in [-0.1, -0.05) is 23.7 Å². The number of carbonyl (C=O) groups excluding carboxylic acids is 1. The van der Waals surface area contributed by atoms with Crippen LogP contribution in [0.2, 0.25) is 5.02 Å². The number of thiophene rings is 1. The average Bonchev–Trinajstić information content (AvgIpc) is 3.24. The van der Waals surface area contributed by atoms with Crippen LogP contribution in [0.15, 0.2) is 63.5 Å². The molecular weight excluding hydrogens is 445 g/mol. The summed E-state index contributed by atoms with van der Waals surface area (Å²) in [4.78, 5) is 38.9. The topological polar surface area (TPSA) is 82.3 Å². The number of anilines is 1. The van der Waals surface area contributed by atoms with Gasteiger partial charge < -0.3 is 10.1 Å². The van der Waals surface area contributed by atoms with Crippen LogP contribution >= 0.6 is 22.9 Å². The Bertz CT molecular complexity index is 1430. The predicted molar refractivity (Wildman–Crippen MR) is 118 cm³/mol. The summed E-state index contributed by atoms with van der Waals surface area (Å²) < 4.78 is 21.8. The third kappa shape index (κ3) is 3.85. The molecule has 0 saturated carbocycles. The highest BCUT2D eigenvalue weighted by atomic mass is 35.5. The molecule has 10 heteroatoms. The van der Waals surface area contributed by atoms with Crippen LogP contribution in [-0.2, 0) is 11.3 Å². The van der Waals surface area contributed by atoms with Crippen molar-refractivity contribution in [2.75, 3.05) is 12.4 Å². The molecule has 2 aromatic heterocycles. The standard InChI is InChI=1S/C21H15ClFN3O4S/c1-30-17-5-3-2-4-15(17)26-20(28)19-16(8-9-31-19)25(21(26)29)11-18(27)24-14-7-6-12(22)10-13(14)23/h2-10H,11H2,1H3,(H,24,27). The molecule has 0 radical (unpaired) electrons. The van der Waals surface area contributed by atoms with Gasteiger partial charge in [0.25, 0.3) is 5.56 Å². The highest BCUT2D eigenvalue weighted by Gasteiger charge is 2.20. The van der Waals surface area contributed by atoms with E-state index >= 15 is 0 Å². The van der Waals surface area contributed by atoms with E-state index in [1.807, 2.05) is 0 Å². The highest BCUT2D eigenvalue weighted by molar-refractivity contribution is 7.17. The van der Waals surface area contributed by atoms with Crippen LogP contribution in [0.25, 0.3) is 15.9 Å². The van der Waals surface area contributed by atoms with Gasteiger partial charge in [-0.15, -0.1) is 11.3 Å². The van der Waals surface area contributed by atoms with Gasteiger partial charge in [-0.2, -0.15) is 0 Å². The molecule has 2 heterocycles. The molecule has 0 aliphatic heterocycles. The summed E-state index contributed by atoms with van der Waals surface area (Å²) in [6.07, 6.45) is 0. The van der Waals surface area contributed by atoms with Gasteiger partial charge in [0, 0.05) is 5.02 Å². The molecular formula is C21H15ClFN3O4S. The Labute approximate surface area is 183 Å². The number of benzene rings is 2. The Morgan fingerprint density at radius 3 is 2.71 bits per heavy atom. The number of halogens is 2. The minimum Gasteiger partial charge on any atom is -0.495 e. The first-order chi connectivity index (χ1) is 14.9. The number of ether oxygens (including phenoxy) is 1. The van der Waals surface area contributed by atoms with Crippen LogP contribution in [-0.4, -0.2) is 22.2 Å². The monoisotopic (exact) mass is 459 g/mol. The van der Waals surface area contributed by atoms with E-state index in [4.69, 9.17) is 16.3 Å². The van der Waals surface area contributed by atoms with Gasteiger partial charge in [0.2, 0.25) is 5.91 Å². The molecule has 0 saturated heterocycles. The fraction of sp³-hybridized carbons (Fsp3) is 0.0952. The quantitative estimate of drug-likeness (QED) is 0.494. The molecule has 31 heavy (non-hydrogen) atoms. The van der Waals surface area contributed by atoms with Gasteiger partial charge in [-0.05, 0) is 41.8 Å². The Morgan fingerprint density at radius 2 is 1.97 bits per heavy atom. The lowest BCUT2D eigenvalue weighted by Crippen LogP contribution is -2.40. The SMILES string of the molecule is COc1ccccc1-n1c(=O)c2sccc2n(CC(=O)Nc2ccc(Cl)cc2F)c1=O. The lowest BCUT2D eigenvalue weighted by Gasteiger charge is -2.14. The van der Waals surface area contributed by atoms with Crippen molar-refractivity contribution in [1.82, 2.24) is 9.13 Å². The van der Waals surface area contributed by atoms with E-state index in [0.29, 0.717) is 16.0 Å². The van der Waals surface area contributed by atoms with Crippen LogP contribution in [0.4, 0.5) is 10.1 Å². The summed E-state index contributed by atoms with van der Waals surface area (Å²) >= 11 is 6.89. The third-order valence-corrected chi connectivity index (χ3v) is 5.71. The molecule has 2 aromatic carbocycles. The Morgan fingerprint density at radius 1 is 1.19 bits per heavy atom. The fourth-order valence-electron chi connectivity index (χ4n) is 3.19. The van der Waals surface area contributed by atoms with Crippen molar-refractivity contribution in [1.29, 1.82) is 0 Å². The third-order valence-electron chi connectivity index (χ3n) is 4.59. The Kier molecular flexibility index (Phi) is 5.62. The van der Waals surface area contributed by atoms with Crippen molar-refractivity contribution in [3.05, 3.63) is 85.6 Å². The molecule has 4 rings (SSSR count). The number of hydrogen-bond acceptors (Lipinski definition) is 5. The normalized spacial score (nSPS) is 10.9. The van der Waals surface area contributed by atoms with Crippen LogP contribution in [0, 0.1) is 5.82 Å². The van der Waals surface area contributed by atoms with Crippen molar-refractivity contribution in [3.63, 3.8) is 0 Å². The zero-order valence-electron chi connectivity index (χ0n) is 16.1. The Hall–Kier alpha value is -3.43. The zero-order chi connectivity index (χ0) is 22.1. The smallest absolute Gasteiger partial charge is 0.336 e. The van der Waals surface area contributed by atoms with Crippen molar-refractivity contribution >= 4 is 44.7 Å². The first-order valence-electron chi connectivity index (χ1n) is 9.02. The number of para-hydroxylation sites is 2. The lowest BCUT2D eigenvalue weighted by molar-refractivity contribution is -0.116. The van der Waals surface area contributed by atoms with Crippen LogP contribution < -0.4 is 21.3 Å². The minimum atomic E-state index is -0.716. The van der Waals surface area contributed by atoms with E-state index in [0.717, 1.165) is 22.0 Å². The van der Waals surface area contributed by atoms with Crippen LogP contribution in [0.3, 0.4) is 0 Å². The number of nitrogens with zero attached hydrogens (tertiary/aromatic N) is 2. The molecule has 1 N–H and O–H groups in total. The van der Waals surface area contributed by atoms with Gasteiger partial charge in [0.15, 0.2) is 0 Å². The van der Waals surface area contributed by atoms with Crippen molar-refractivity contribution in [3.8, 4) is 11.4 Å². The first kappa shape index (κ1) is 20.8. The number of aromatic nitrogens is 2. The van der Waals surface area contributed by atoms with E-state index in [-0.39, 0.29) is 16.4 Å². The molecule has 0 aliphatic rings. The molecule has 158 valence electrons. The van der Waals surface area contributed by atoms with E-state index in [9.17, 15) is 18.8 Å². The fourth-order valence-corrected chi connectivity index (χ4v) is 4.17. The van der Waals surface area contributed by atoms with E-state index in [1.165, 1.54) is 23.8 Å². The molecule has 4 aromatic rings. The van der Waals surface area contributed by atoms with Gasteiger partial charge in [0.05, 0.1) is 24.0 Å². The van der Waals surface area contributed by atoms with Crippen LogP contribution in [0.5, 0.6) is 5.75 Å². The molecule has 0 aliphatic carbocycles. The maximum Gasteiger partial charge on any atom is 0.336 e. The van der Waals surface area contributed by atoms with Gasteiger partial charge in [0.1, 0.15) is 22.8 Å². The number of methoxy groups -OCH3 is 1. The van der Waals surface area contributed by atoms with Gasteiger partial charge in [-0.25, -0.2) is 13.8 Å². The number of nitrogens with one attached hydrogen (secondary N) is 1. The molecule has 0 fully saturated rings. The number of amides is 1. The Balaban J connectivity index is 1.81. The summed E-state index contributed by atoms with van der Waals surface area (Å²) in [5, 5.41) is 4.27. The summed E-state index contributed by atoms with van der Waals surface area (Å²) in [5.41, 5.74) is -0.722. The highest BCUT2D eigenvalue weighted by Crippen LogP contribution is 2.22. The first-order valence-corrected chi connectivity index (χ1v) is 10.3. The molecule has 7 nitrogen and oxygen atoms in total. The molecule has 1 amide bonds. The zero-order valence-corrected chi connectivity index (χ0v) is 17.7. The van der Waals surface area contributed by atoms with E-state index in [2.05, 4.69) is 5.32 Å². The van der Waals surface area contributed by atoms with Crippen molar-refractivity contribution < 1.29 is 13.9 Å². The summed E-state index contributed by atoms with van der Waals surface area (Å²) in [6, 6.07) is 12.0. The molecule has 0 bridgehead atoms. The molecule has 0 spiro atoms. The summed E-state index contributed by atoms with van der Waals surface area (Å²) in [6.45, 7) is -0.427.